The number of carbonyl (C=O) groups is 1. The first kappa shape index (κ1) is 21.2. The van der Waals surface area contributed by atoms with Gasteiger partial charge in [0.25, 0.3) is 0 Å². The van der Waals surface area contributed by atoms with Crippen LogP contribution in [0.15, 0.2) is 57.6 Å². The molecule has 1 amide bonds. The number of furan rings is 1. The molecule has 2 aromatic carbocycles. The van der Waals surface area contributed by atoms with Crippen LogP contribution in [0.3, 0.4) is 0 Å². The van der Waals surface area contributed by atoms with Crippen molar-refractivity contribution in [1.82, 2.24) is 5.32 Å². The maximum absolute atomic E-state index is 12.3. The number of benzene rings is 2. The summed E-state index contributed by atoms with van der Waals surface area (Å²) in [5.74, 6) is 1.14. The van der Waals surface area contributed by atoms with E-state index in [9.17, 15) is 4.79 Å². The number of amides is 1. The molecule has 0 atom stereocenters. The number of allylic oxidation sites excluding steroid dienone is 1. The molecular formula is C24H26BrNO3. The fourth-order valence-electron chi connectivity index (χ4n) is 3.19. The highest BCUT2D eigenvalue weighted by Gasteiger charge is 2.15. The standard InChI is InChI=1S/C24H26BrNO3/c1-15(2)9-10-26-24(27)11-16(3)19-12-20-21(17-5-7-18(25)8-6-17)14-29-23(20)13-22(19)28-4/h5-8,11-15H,9-10H2,1-4H3,(H,26,27)/b16-11+. The van der Waals surface area contributed by atoms with E-state index in [4.69, 9.17) is 9.15 Å². The van der Waals surface area contributed by atoms with Gasteiger partial charge in [0.1, 0.15) is 11.3 Å². The second kappa shape index (κ2) is 9.31. The molecule has 1 heterocycles. The highest BCUT2D eigenvalue weighted by atomic mass is 79.9. The molecule has 29 heavy (non-hydrogen) atoms. The first-order chi connectivity index (χ1) is 13.9. The monoisotopic (exact) mass is 455 g/mol. The van der Waals surface area contributed by atoms with Crippen LogP contribution in [0.2, 0.25) is 0 Å². The Kier molecular flexibility index (Phi) is 6.80. The van der Waals surface area contributed by atoms with Gasteiger partial charge in [0.2, 0.25) is 5.91 Å². The minimum atomic E-state index is -0.0920. The van der Waals surface area contributed by atoms with Gasteiger partial charge in [-0.3, -0.25) is 4.79 Å². The van der Waals surface area contributed by atoms with Crippen molar-refractivity contribution in [2.24, 2.45) is 5.92 Å². The van der Waals surface area contributed by atoms with E-state index in [-0.39, 0.29) is 5.91 Å². The second-order valence-corrected chi connectivity index (χ2v) is 8.42. The summed E-state index contributed by atoms with van der Waals surface area (Å²) in [4.78, 5) is 12.3. The van der Waals surface area contributed by atoms with Crippen molar-refractivity contribution in [3.63, 3.8) is 0 Å². The summed E-state index contributed by atoms with van der Waals surface area (Å²) in [5.41, 5.74) is 4.53. The van der Waals surface area contributed by atoms with Crippen molar-refractivity contribution in [1.29, 1.82) is 0 Å². The predicted octanol–water partition coefficient (Wildman–Crippen LogP) is 6.44. The van der Waals surface area contributed by atoms with Gasteiger partial charge in [-0.15, -0.1) is 0 Å². The molecule has 5 heteroatoms. The van der Waals surface area contributed by atoms with E-state index in [1.54, 1.807) is 19.4 Å². The van der Waals surface area contributed by atoms with E-state index in [2.05, 4.69) is 35.1 Å². The molecule has 0 bridgehead atoms. The van der Waals surface area contributed by atoms with Gasteiger partial charge in [0.05, 0.1) is 13.4 Å². The molecule has 0 unspecified atom stereocenters. The molecule has 3 rings (SSSR count). The van der Waals surface area contributed by atoms with Gasteiger partial charge in [-0.2, -0.15) is 0 Å². The summed E-state index contributed by atoms with van der Waals surface area (Å²) in [7, 11) is 1.62. The molecule has 0 aliphatic carbocycles. The molecule has 3 aromatic rings. The van der Waals surface area contributed by atoms with E-state index in [0.29, 0.717) is 18.2 Å². The van der Waals surface area contributed by atoms with E-state index in [1.807, 2.05) is 43.3 Å². The average molecular weight is 456 g/mol. The van der Waals surface area contributed by atoms with Crippen LogP contribution in [0.5, 0.6) is 5.75 Å². The third-order valence-electron chi connectivity index (χ3n) is 4.84. The van der Waals surface area contributed by atoms with Gasteiger partial charge in [-0.25, -0.2) is 0 Å². The van der Waals surface area contributed by atoms with Gasteiger partial charge in [0.15, 0.2) is 0 Å². The lowest BCUT2D eigenvalue weighted by Gasteiger charge is -2.10. The summed E-state index contributed by atoms with van der Waals surface area (Å²) in [5, 5.41) is 3.93. The first-order valence-corrected chi connectivity index (χ1v) is 10.5. The Morgan fingerprint density at radius 3 is 2.62 bits per heavy atom. The second-order valence-electron chi connectivity index (χ2n) is 7.51. The Balaban J connectivity index is 1.96. The van der Waals surface area contributed by atoms with Gasteiger partial charge in [0, 0.05) is 39.7 Å². The molecule has 4 nitrogen and oxygen atoms in total. The highest BCUT2D eigenvalue weighted by molar-refractivity contribution is 9.10. The molecule has 0 aliphatic rings. The van der Waals surface area contributed by atoms with Crippen LogP contribution in [0.1, 0.15) is 32.8 Å². The zero-order chi connectivity index (χ0) is 21.0. The van der Waals surface area contributed by atoms with Crippen LogP contribution in [0.25, 0.3) is 27.7 Å². The average Bonchev–Trinajstić information content (AvgIpc) is 3.10. The Labute approximate surface area is 180 Å². The zero-order valence-corrected chi connectivity index (χ0v) is 18.8. The van der Waals surface area contributed by atoms with Crippen molar-refractivity contribution in [3.8, 4) is 16.9 Å². The summed E-state index contributed by atoms with van der Waals surface area (Å²) in [6, 6.07) is 12.0. The molecule has 0 fully saturated rings. The summed E-state index contributed by atoms with van der Waals surface area (Å²) >= 11 is 3.47. The Morgan fingerprint density at radius 2 is 1.97 bits per heavy atom. The van der Waals surface area contributed by atoms with Gasteiger partial charge >= 0.3 is 0 Å². The fourth-order valence-corrected chi connectivity index (χ4v) is 3.46. The summed E-state index contributed by atoms with van der Waals surface area (Å²) in [6.07, 6.45) is 4.34. The predicted molar refractivity (Wildman–Crippen MR) is 122 cm³/mol. The molecule has 0 spiro atoms. The third kappa shape index (κ3) is 5.10. The maximum Gasteiger partial charge on any atom is 0.244 e. The van der Waals surface area contributed by atoms with Crippen molar-refractivity contribution >= 4 is 38.4 Å². The van der Waals surface area contributed by atoms with Crippen molar-refractivity contribution < 1.29 is 13.9 Å². The normalized spacial score (nSPS) is 11.9. The number of ether oxygens (including phenoxy) is 1. The number of halogens is 1. The Bertz CT molecular complexity index is 1030. The number of nitrogens with one attached hydrogen (secondary N) is 1. The molecule has 152 valence electrons. The number of hydrogen-bond acceptors (Lipinski definition) is 3. The number of methoxy groups -OCH3 is 1. The number of rotatable bonds is 7. The SMILES string of the molecule is COc1cc2occ(-c3ccc(Br)cc3)c2cc1/C(C)=C/C(=O)NCCC(C)C. The van der Waals surface area contributed by atoms with Crippen LogP contribution >= 0.6 is 15.9 Å². The van der Waals surface area contributed by atoms with E-state index < -0.39 is 0 Å². The summed E-state index contributed by atoms with van der Waals surface area (Å²) < 4.78 is 12.4. The maximum atomic E-state index is 12.3. The minimum Gasteiger partial charge on any atom is -0.496 e. The Morgan fingerprint density at radius 1 is 1.24 bits per heavy atom. The molecule has 0 saturated carbocycles. The first-order valence-electron chi connectivity index (χ1n) is 9.70. The number of hydrogen-bond donors (Lipinski definition) is 1. The van der Waals surface area contributed by atoms with Crippen LogP contribution in [-0.2, 0) is 4.79 Å². The molecule has 0 saturated heterocycles. The fraction of sp³-hybridized carbons (Fsp3) is 0.292. The largest absolute Gasteiger partial charge is 0.496 e. The van der Waals surface area contributed by atoms with Crippen LogP contribution in [-0.4, -0.2) is 19.6 Å². The lowest BCUT2D eigenvalue weighted by atomic mass is 9.99. The lowest BCUT2D eigenvalue weighted by molar-refractivity contribution is -0.116. The smallest absolute Gasteiger partial charge is 0.244 e. The molecule has 0 aliphatic heterocycles. The molecule has 1 aromatic heterocycles. The van der Waals surface area contributed by atoms with E-state index in [1.165, 1.54) is 0 Å². The van der Waals surface area contributed by atoms with Crippen molar-refractivity contribution in [2.75, 3.05) is 13.7 Å². The van der Waals surface area contributed by atoms with Crippen molar-refractivity contribution in [2.45, 2.75) is 27.2 Å². The van der Waals surface area contributed by atoms with E-state index in [0.717, 1.165) is 44.1 Å². The quantitative estimate of drug-likeness (QED) is 0.417. The van der Waals surface area contributed by atoms with E-state index >= 15 is 0 Å². The minimum absolute atomic E-state index is 0.0920. The molecule has 1 N–H and O–H groups in total. The number of fused-ring (bicyclic) bond motifs is 1. The number of carbonyl (C=O) groups excluding carboxylic acids is 1. The topological polar surface area (TPSA) is 51.5 Å². The highest BCUT2D eigenvalue weighted by Crippen LogP contribution is 2.37. The lowest BCUT2D eigenvalue weighted by Crippen LogP contribution is -2.23. The van der Waals surface area contributed by atoms with Gasteiger partial charge in [-0.05, 0) is 48.6 Å². The third-order valence-corrected chi connectivity index (χ3v) is 5.37. The van der Waals surface area contributed by atoms with Crippen LogP contribution < -0.4 is 10.1 Å². The van der Waals surface area contributed by atoms with Crippen LogP contribution in [0.4, 0.5) is 0 Å². The summed E-state index contributed by atoms with van der Waals surface area (Å²) in [6.45, 7) is 6.87. The van der Waals surface area contributed by atoms with Gasteiger partial charge in [-0.1, -0.05) is 41.9 Å². The Hall–Kier alpha value is -2.53. The zero-order valence-electron chi connectivity index (χ0n) is 17.2. The molecular weight excluding hydrogens is 430 g/mol. The van der Waals surface area contributed by atoms with Crippen LogP contribution in [0, 0.1) is 5.92 Å². The molecule has 0 radical (unpaired) electrons. The van der Waals surface area contributed by atoms with Gasteiger partial charge < -0.3 is 14.5 Å². The van der Waals surface area contributed by atoms with Crippen molar-refractivity contribution in [3.05, 3.63) is 58.8 Å².